The Bertz CT molecular complexity index is 902. The number of ether oxygens (including phenoxy) is 1. The summed E-state index contributed by atoms with van der Waals surface area (Å²) in [6.07, 6.45) is 1.48. The van der Waals surface area contributed by atoms with Crippen LogP contribution in [-0.2, 0) is 16.0 Å². The van der Waals surface area contributed by atoms with Gasteiger partial charge in [-0.3, -0.25) is 9.59 Å². The standard InChI is InChI=1S/C21H23N3O3.ClH/c1-14-21(26)24(18-8-2-3-10-19(18)27-14)13-11-20(25)23-12-5-6-15-16(22)7-4-9-17(15)23;/h2-4,7-10,14H,5-6,11-13,22H2,1H3;1H. The Morgan fingerprint density at radius 2 is 1.93 bits per heavy atom. The molecule has 0 fully saturated rings. The first-order chi connectivity index (χ1) is 13.1. The van der Waals surface area contributed by atoms with Gasteiger partial charge in [0.25, 0.3) is 5.91 Å². The molecular formula is C21H24ClN3O3. The van der Waals surface area contributed by atoms with Gasteiger partial charge in [0.1, 0.15) is 5.75 Å². The van der Waals surface area contributed by atoms with Gasteiger partial charge in [-0.05, 0) is 49.6 Å². The number of halogens is 1. The molecule has 6 nitrogen and oxygen atoms in total. The molecule has 2 amide bonds. The molecule has 7 heteroatoms. The number of benzene rings is 2. The number of nitrogen functional groups attached to an aromatic ring is 1. The molecule has 0 aliphatic carbocycles. The molecule has 2 aliphatic rings. The smallest absolute Gasteiger partial charge is 0.267 e. The third kappa shape index (κ3) is 3.52. The van der Waals surface area contributed by atoms with Gasteiger partial charge < -0.3 is 20.3 Å². The van der Waals surface area contributed by atoms with Gasteiger partial charge in [-0.2, -0.15) is 0 Å². The maximum absolute atomic E-state index is 12.9. The van der Waals surface area contributed by atoms with Crippen LogP contribution in [0.4, 0.5) is 17.1 Å². The highest BCUT2D eigenvalue weighted by atomic mass is 35.5. The van der Waals surface area contributed by atoms with Gasteiger partial charge in [-0.25, -0.2) is 0 Å². The van der Waals surface area contributed by atoms with Crippen molar-refractivity contribution in [2.45, 2.75) is 32.3 Å². The lowest BCUT2D eigenvalue weighted by molar-refractivity contribution is -0.125. The van der Waals surface area contributed by atoms with Crippen LogP contribution in [0, 0.1) is 0 Å². The maximum Gasteiger partial charge on any atom is 0.267 e. The molecule has 4 rings (SSSR count). The molecule has 0 spiro atoms. The van der Waals surface area contributed by atoms with E-state index in [1.807, 2.05) is 42.5 Å². The van der Waals surface area contributed by atoms with Gasteiger partial charge in [0.15, 0.2) is 6.10 Å². The fourth-order valence-corrected chi connectivity index (χ4v) is 3.84. The van der Waals surface area contributed by atoms with E-state index in [4.69, 9.17) is 10.5 Å². The molecule has 0 bridgehead atoms. The predicted octanol–water partition coefficient (Wildman–Crippen LogP) is 3.17. The molecule has 0 saturated heterocycles. The van der Waals surface area contributed by atoms with Crippen LogP contribution < -0.4 is 20.3 Å². The van der Waals surface area contributed by atoms with Crippen LogP contribution in [0.15, 0.2) is 42.5 Å². The topological polar surface area (TPSA) is 75.9 Å². The molecule has 148 valence electrons. The van der Waals surface area contributed by atoms with E-state index in [9.17, 15) is 9.59 Å². The second-order valence-corrected chi connectivity index (χ2v) is 6.96. The average Bonchev–Trinajstić information content (AvgIpc) is 2.68. The van der Waals surface area contributed by atoms with Gasteiger partial charge in [-0.1, -0.05) is 18.2 Å². The molecule has 1 unspecified atom stereocenters. The Labute approximate surface area is 170 Å². The molecule has 2 N–H and O–H groups in total. The Balaban J connectivity index is 0.00000225. The fraction of sp³-hybridized carbons (Fsp3) is 0.333. The minimum Gasteiger partial charge on any atom is -0.479 e. The molecule has 2 heterocycles. The number of hydrogen-bond donors (Lipinski definition) is 1. The summed E-state index contributed by atoms with van der Waals surface area (Å²) < 4.78 is 5.66. The number of carbonyl (C=O) groups excluding carboxylic acids is 2. The summed E-state index contributed by atoms with van der Waals surface area (Å²) in [6.45, 7) is 2.74. The zero-order chi connectivity index (χ0) is 19.0. The Morgan fingerprint density at radius 3 is 2.75 bits per heavy atom. The molecule has 0 saturated carbocycles. The zero-order valence-corrected chi connectivity index (χ0v) is 16.6. The number of nitrogens with zero attached hydrogens (tertiary/aromatic N) is 2. The minimum atomic E-state index is -0.550. The van der Waals surface area contributed by atoms with E-state index in [0.29, 0.717) is 18.8 Å². The number of anilines is 3. The average molecular weight is 402 g/mol. The van der Waals surface area contributed by atoms with Crippen molar-refractivity contribution in [2.75, 3.05) is 28.6 Å². The first kappa shape index (κ1) is 20.0. The lowest BCUT2D eigenvalue weighted by atomic mass is 9.99. The van der Waals surface area contributed by atoms with Crippen molar-refractivity contribution in [1.29, 1.82) is 0 Å². The van der Waals surface area contributed by atoms with E-state index in [2.05, 4.69) is 0 Å². The number of nitrogens with two attached hydrogens (primary N) is 1. The summed E-state index contributed by atoms with van der Waals surface area (Å²) >= 11 is 0. The van der Waals surface area contributed by atoms with Crippen LogP contribution in [0.2, 0.25) is 0 Å². The van der Waals surface area contributed by atoms with Crippen LogP contribution in [0.5, 0.6) is 5.75 Å². The summed E-state index contributed by atoms with van der Waals surface area (Å²) in [5, 5.41) is 0. The zero-order valence-electron chi connectivity index (χ0n) is 15.8. The number of amides is 2. The largest absolute Gasteiger partial charge is 0.479 e. The normalized spacial score (nSPS) is 17.9. The lowest BCUT2D eigenvalue weighted by Gasteiger charge is -2.34. The van der Waals surface area contributed by atoms with Crippen molar-refractivity contribution in [3.05, 3.63) is 48.0 Å². The highest BCUT2D eigenvalue weighted by Crippen LogP contribution is 2.34. The number of carbonyl (C=O) groups is 2. The summed E-state index contributed by atoms with van der Waals surface area (Å²) in [6, 6.07) is 13.1. The molecular weight excluding hydrogens is 378 g/mol. The molecule has 28 heavy (non-hydrogen) atoms. The van der Waals surface area contributed by atoms with Crippen LogP contribution in [-0.4, -0.2) is 31.0 Å². The summed E-state index contributed by atoms with van der Waals surface area (Å²) in [5.41, 5.74) is 9.46. The van der Waals surface area contributed by atoms with Crippen molar-refractivity contribution in [2.24, 2.45) is 0 Å². The quantitative estimate of drug-likeness (QED) is 0.801. The first-order valence-corrected chi connectivity index (χ1v) is 9.31. The van der Waals surface area contributed by atoms with E-state index in [1.165, 1.54) is 0 Å². The summed E-state index contributed by atoms with van der Waals surface area (Å²) in [4.78, 5) is 29.0. The van der Waals surface area contributed by atoms with E-state index in [0.717, 1.165) is 35.5 Å². The van der Waals surface area contributed by atoms with E-state index >= 15 is 0 Å². The van der Waals surface area contributed by atoms with Crippen molar-refractivity contribution in [3.63, 3.8) is 0 Å². The van der Waals surface area contributed by atoms with E-state index < -0.39 is 6.10 Å². The molecule has 2 aliphatic heterocycles. The van der Waals surface area contributed by atoms with Crippen molar-refractivity contribution >= 4 is 41.3 Å². The molecule has 0 radical (unpaired) electrons. The predicted molar refractivity (Wildman–Crippen MR) is 112 cm³/mol. The summed E-state index contributed by atoms with van der Waals surface area (Å²) in [7, 11) is 0. The van der Waals surface area contributed by atoms with Gasteiger partial charge in [0, 0.05) is 30.9 Å². The second-order valence-electron chi connectivity index (χ2n) is 6.96. The van der Waals surface area contributed by atoms with Gasteiger partial charge >= 0.3 is 0 Å². The Kier molecular flexibility index (Phi) is 5.79. The summed E-state index contributed by atoms with van der Waals surface area (Å²) in [5.74, 6) is 0.559. The second kappa shape index (κ2) is 8.10. The highest BCUT2D eigenvalue weighted by Gasteiger charge is 2.32. The molecule has 2 aromatic rings. The highest BCUT2D eigenvalue weighted by molar-refractivity contribution is 6.01. The number of fused-ring (bicyclic) bond motifs is 2. The Hall–Kier alpha value is -2.73. The minimum absolute atomic E-state index is 0. The van der Waals surface area contributed by atoms with Crippen LogP contribution >= 0.6 is 12.4 Å². The van der Waals surface area contributed by atoms with Gasteiger partial charge in [-0.15, -0.1) is 12.4 Å². The SMILES string of the molecule is CC1Oc2ccccc2N(CCC(=O)N2CCCc3c(N)cccc32)C1=O.Cl. The van der Waals surface area contributed by atoms with Crippen LogP contribution in [0.1, 0.15) is 25.3 Å². The van der Waals surface area contributed by atoms with Gasteiger partial charge in [0.2, 0.25) is 5.91 Å². The van der Waals surface area contributed by atoms with Crippen LogP contribution in [0.25, 0.3) is 0 Å². The monoisotopic (exact) mass is 401 g/mol. The van der Waals surface area contributed by atoms with E-state index in [-0.39, 0.29) is 30.6 Å². The fourth-order valence-electron chi connectivity index (χ4n) is 3.84. The molecule has 0 aromatic heterocycles. The van der Waals surface area contributed by atoms with E-state index in [1.54, 1.807) is 16.7 Å². The lowest BCUT2D eigenvalue weighted by Crippen LogP contribution is -2.46. The van der Waals surface area contributed by atoms with Crippen LogP contribution in [0.3, 0.4) is 0 Å². The maximum atomic E-state index is 12.9. The third-order valence-corrected chi connectivity index (χ3v) is 5.21. The third-order valence-electron chi connectivity index (χ3n) is 5.21. The number of para-hydroxylation sites is 2. The van der Waals surface area contributed by atoms with Crippen molar-refractivity contribution < 1.29 is 14.3 Å². The van der Waals surface area contributed by atoms with Crippen molar-refractivity contribution in [3.8, 4) is 5.75 Å². The number of rotatable bonds is 3. The Morgan fingerprint density at radius 1 is 1.18 bits per heavy atom. The molecule has 2 aromatic carbocycles. The number of hydrogen-bond acceptors (Lipinski definition) is 4. The first-order valence-electron chi connectivity index (χ1n) is 9.31. The van der Waals surface area contributed by atoms with Crippen molar-refractivity contribution in [1.82, 2.24) is 0 Å². The molecule has 1 atom stereocenters. The van der Waals surface area contributed by atoms with Gasteiger partial charge in [0.05, 0.1) is 5.69 Å².